The Bertz CT molecular complexity index is 622. The second-order valence-electron chi connectivity index (χ2n) is 5.31. The molecule has 0 saturated carbocycles. The molecule has 0 aliphatic carbocycles. The maximum Gasteiger partial charge on any atom is 0.134 e. The van der Waals surface area contributed by atoms with E-state index in [-0.39, 0.29) is 5.41 Å². The molecule has 1 saturated heterocycles. The summed E-state index contributed by atoms with van der Waals surface area (Å²) in [4.78, 5) is 2.16. The van der Waals surface area contributed by atoms with Gasteiger partial charge in [0.2, 0.25) is 0 Å². The third-order valence-corrected chi connectivity index (χ3v) is 3.57. The van der Waals surface area contributed by atoms with Crippen molar-refractivity contribution in [2.45, 2.75) is 6.54 Å². The Labute approximate surface area is 112 Å². The summed E-state index contributed by atoms with van der Waals surface area (Å²) in [5, 5.41) is 10.4. The number of para-hydroxylation sites is 1. The van der Waals surface area contributed by atoms with Gasteiger partial charge in [0.1, 0.15) is 11.0 Å². The first kappa shape index (κ1) is 12.2. The van der Waals surface area contributed by atoms with Crippen molar-refractivity contribution < 1.29 is 9.15 Å². The number of fused-ring (bicyclic) bond motifs is 1. The van der Waals surface area contributed by atoms with Crippen LogP contribution in [-0.2, 0) is 11.3 Å². The number of ether oxygens (including phenoxy) is 1. The molecule has 98 valence electrons. The molecule has 0 spiro atoms. The molecule has 1 aliphatic rings. The predicted octanol–water partition coefficient (Wildman–Crippen LogP) is 2.40. The van der Waals surface area contributed by atoms with Gasteiger partial charge in [-0.3, -0.25) is 0 Å². The normalized spacial score (nSPS) is 17.3. The highest BCUT2D eigenvalue weighted by Gasteiger charge is 2.39. The lowest BCUT2D eigenvalue weighted by Crippen LogP contribution is -2.48. The molecule has 2 aromatic rings. The van der Waals surface area contributed by atoms with Crippen molar-refractivity contribution in [2.75, 3.05) is 26.8 Å². The van der Waals surface area contributed by atoms with Crippen molar-refractivity contribution in [3.8, 4) is 6.07 Å². The summed E-state index contributed by atoms with van der Waals surface area (Å²) in [6.07, 6.45) is 1.80. The highest BCUT2D eigenvalue weighted by Crippen LogP contribution is 2.28. The smallest absolute Gasteiger partial charge is 0.134 e. The first-order valence-corrected chi connectivity index (χ1v) is 6.35. The van der Waals surface area contributed by atoms with Crippen LogP contribution in [0.25, 0.3) is 11.0 Å². The van der Waals surface area contributed by atoms with Crippen molar-refractivity contribution in [1.82, 2.24) is 4.90 Å². The van der Waals surface area contributed by atoms with Gasteiger partial charge in [0.25, 0.3) is 0 Å². The molecule has 1 aromatic heterocycles. The molecule has 1 aromatic carbocycles. The monoisotopic (exact) mass is 256 g/mol. The zero-order chi connectivity index (χ0) is 13.3. The molecule has 0 amide bonds. The Morgan fingerprint density at radius 1 is 1.37 bits per heavy atom. The topological polar surface area (TPSA) is 49.4 Å². The fourth-order valence-electron chi connectivity index (χ4n) is 2.56. The van der Waals surface area contributed by atoms with Gasteiger partial charge in [-0.1, -0.05) is 18.2 Å². The van der Waals surface area contributed by atoms with E-state index in [1.807, 2.05) is 25.2 Å². The number of benzene rings is 1. The van der Waals surface area contributed by atoms with Crippen molar-refractivity contribution in [3.05, 3.63) is 36.1 Å². The molecule has 0 bridgehead atoms. The van der Waals surface area contributed by atoms with Crippen LogP contribution in [0, 0.1) is 16.7 Å². The van der Waals surface area contributed by atoms with E-state index in [2.05, 4.69) is 17.0 Å². The molecule has 0 unspecified atom stereocenters. The number of nitrogens with zero attached hydrogens (tertiary/aromatic N) is 2. The fourth-order valence-corrected chi connectivity index (χ4v) is 2.56. The predicted molar refractivity (Wildman–Crippen MR) is 71.4 cm³/mol. The fraction of sp³-hybridized carbons (Fsp3) is 0.400. The minimum Gasteiger partial charge on any atom is -0.464 e. The van der Waals surface area contributed by atoms with E-state index in [9.17, 15) is 5.26 Å². The third-order valence-electron chi connectivity index (χ3n) is 3.57. The average molecular weight is 256 g/mol. The van der Waals surface area contributed by atoms with Crippen LogP contribution in [0.3, 0.4) is 0 Å². The van der Waals surface area contributed by atoms with E-state index >= 15 is 0 Å². The third kappa shape index (κ3) is 2.23. The number of rotatable bonds is 4. The van der Waals surface area contributed by atoms with Gasteiger partial charge in [-0.2, -0.15) is 5.26 Å². The summed E-state index contributed by atoms with van der Waals surface area (Å²) in [5.41, 5.74) is 1.74. The van der Waals surface area contributed by atoms with Crippen molar-refractivity contribution in [2.24, 2.45) is 5.41 Å². The molecule has 4 heteroatoms. The summed E-state index contributed by atoms with van der Waals surface area (Å²) in [5.74, 6) is 0. The largest absolute Gasteiger partial charge is 0.464 e. The number of hydrogen-bond donors (Lipinski definition) is 0. The van der Waals surface area contributed by atoms with Gasteiger partial charge >= 0.3 is 0 Å². The van der Waals surface area contributed by atoms with Crippen LogP contribution in [0.15, 0.2) is 34.9 Å². The lowest BCUT2D eigenvalue weighted by molar-refractivity contribution is -0.0895. The molecule has 3 rings (SSSR count). The van der Waals surface area contributed by atoms with Crippen LogP contribution in [0.4, 0.5) is 0 Å². The van der Waals surface area contributed by atoms with Crippen LogP contribution < -0.4 is 0 Å². The van der Waals surface area contributed by atoms with E-state index < -0.39 is 0 Å². The minimum atomic E-state index is -0.325. The Morgan fingerprint density at radius 2 is 2.16 bits per heavy atom. The maximum absolute atomic E-state index is 9.21. The molecule has 1 fully saturated rings. The molecule has 0 atom stereocenters. The molecule has 2 heterocycles. The number of nitriles is 1. The van der Waals surface area contributed by atoms with Crippen LogP contribution in [0.5, 0.6) is 0 Å². The van der Waals surface area contributed by atoms with E-state index in [0.29, 0.717) is 13.2 Å². The Hall–Kier alpha value is -1.83. The summed E-state index contributed by atoms with van der Waals surface area (Å²) < 4.78 is 10.7. The van der Waals surface area contributed by atoms with E-state index in [0.717, 1.165) is 29.6 Å². The molecular weight excluding hydrogens is 240 g/mol. The van der Waals surface area contributed by atoms with E-state index in [4.69, 9.17) is 9.15 Å². The van der Waals surface area contributed by atoms with Gasteiger partial charge < -0.3 is 14.1 Å². The molecular formula is C15H16N2O2. The number of furan rings is 1. The minimum absolute atomic E-state index is 0.325. The zero-order valence-corrected chi connectivity index (χ0v) is 10.9. The highest BCUT2D eigenvalue weighted by atomic mass is 16.5. The van der Waals surface area contributed by atoms with Crippen LogP contribution in [0.1, 0.15) is 5.56 Å². The second-order valence-corrected chi connectivity index (χ2v) is 5.31. The highest BCUT2D eigenvalue weighted by molar-refractivity contribution is 5.80. The SMILES string of the molecule is CN(Cc1coc2ccccc12)CC1(C#N)COC1. The lowest BCUT2D eigenvalue weighted by Gasteiger charge is -2.37. The summed E-state index contributed by atoms with van der Waals surface area (Å²) in [7, 11) is 2.03. The van der Waals surface area contributed by atoms with Crippen LogP contribution >= 0.6 is 0 Å². The van der Waals surface area contributed by atoms with Gasteiger partial charge in [-0.25, -0.2) is 0 Å². The van der Waals surface area contributed by atoms with Crippen molar-refractivity contribution >= 4 is 11.0 Å². The van der Waals surface area contributed by atoms with Gasteiger partial charge in [0.05, 0.1) is 25.5 Å². The quantitative estimate of drug-likeness (QED) is 0.843. The van der Waals surface area contributed by atoms with E-state index in [1.54, 1.807) is 6.26 Å². The first-order valence-electron chi connectivity index (χ1n) is 6.35. The van der Waals surface area contributed by atoms with Crippen LogP contribution in [0.2, 0.25) is 0 Å². The van der Waals surface area contributed by atoms with Crippen LogP contribution in [-0.4, -0.2) is 31.7 Å². The molecule has 19 heavy (non-hydrogen) atoms. The van der Waals surface area contributed by atoms with Gasteiger partial charge in [-0.05, 0) is 13.1 Å². The summed E-state index contributed by atoms with van der Waals surface area (Å²) in [6, 6.07) is 10.4. The van der Waals surface area contributed by atoms with Gasteiger partial charge in [-0.15, -0.1) is 0 Å². The molecule has 0 radical (unpaired) electrons. The van der Waals surface area contributed by atoms with E-state index in [1.165, 1.54) is 0 Å². The van der Waals surface area contributed by atoms with Crippen molar-refractivity contribution in [3.63, 3.8) is 0 Å². The standard InChI is InChI=1S/C15H16N2O2/c1-17(9-15(8-16)10-18-11-15)6-12-7-19-14-5-3-2-4-13(12)14/h2-5,7H,6,9-11H2,1H3. The average Bonchev–Trinajstić information content (AvgIpc) is 2.78. The first-order chi connectivity index (χ1) is 9.22. The molecule has 0 N–H and O–H groups in total. The maximum atomic E-state index is 9.21. The lowest BCUT2D eigenvalue weighted by atomic mass is 9.87. The summed E-state index contributed by atoms with van der Waals surface area (Å²) in [6.45, 7) is 2.59. The van der Waals surface area contributed by atoms with Gasteiger partial charge in [0.15, 0.2) is 0 Å². The van der Waals surface area contributed by atoms with Crippen molar-refractivity contribution in [1.29, 1.82) is 5.26 Å². The molecule has 4 nitrogen and oxygen atoms in total. The Morgan fingerprint density at radius 3 is 2.84 bits per heavy atom. The Balaban J connectivity index is 1.73. The zero-order valence-electron chi connectivity index (χ0n) is 10.9. The summed E-state index contributed by atoms with van der Waals surface area (Å²) >= 11 is 0. The van der Waals surface area contributed by atoms with Gasteiger partial charge in [0, 0.05) is 24.0 Å². The number of hydrogen-bond acceptors (Lipinski definition) is 4. The second kappa shape index (κ2) is 4.69. The Kier molecular flexibility index (Phi) is 3.02. The molecule has 1 aliphatic heterocycles.